The molecule has 2 rings (SSSR count). The summed E-state index contributed by atoms with van der Waals surface area (Å²) in [5.74, 6) is -1.12. The monoisotopic (exact) mass is 274 g/mol. The Labute approximate surface area is 113 Å². The van der Waals surface area contributed by atoms with Gasteiger partial charge in [0.1, 0.15) is 12.2 Å². The highest BCUT2D eigenvalue weighted by atomic mass is 16.6. The molecule has 3 atom stereocenters. The van der Waals surface area contributed by atoms with Gasteiger partial charge in [-0.1, -0.05) is 19.9 Å². The molecule has 2 N–H and O–H groups in total. The van der Waals surface area contributed by atoms with Crippen molar-refractivity contribution in [2.75, 3.05) is 26.4 Å². The summed E-state index contributed by atoms with van der Waals surface area (Å²) in [6, 6.07) is 0. The molecule has 0 bridgehead atoms. The Hall–Kier alpha value is -0.950. The van der Waals surface area contributed by atoms with E-state index in [1.807, 2.05) is 6.92 Å². The number of carbonyl (C=O) groups is 1. The first-order chi connectivity index (χ1) is 9.04. The van der Waals surface area contributed by atoms with E-state index in [-0.39, 0.29) is 5.57 Å². The van der Waals surface area contributed by atoms with Crippen LogP contribution in [0.25, 0.3) is 0 Å². The summed E-state index contributed by atoms with van der Waals surface area (Å²) in [4.78, 5) is 10.2. The SMILES string of the molecule is C(OCC1CO1)C1CO1.C=C(C(=O)O)C(O)CCC. The lowest BCUT2D eigenvalue weighted by molar-refractivity contribution is -0.133. The van der Waals surface area contributed by atoms with Gasteiger partial charge in [0.15, 0.2) is 0 Å². The van der Waals surface area contributed by atoms with Gasteiger partial charge in [0.05, 0.1) is 38.1 Å². The number of hydrogen-bond donors (Lipinski definition) is 2. The Morgan fingerprint density at radius 2 is 1.84 bits per heavy atom. The predicted molar refractivity (Wildman–Crippen MR) is 68.0 cm³/mol. The van der Waals surface area contributed by atoms with Gasteiger partial charge in [-0.3, -0.25) is 0 Å². The van der Waals surface area contributed by atoms with Crippen LogP contribution >= 0.6 is 0 Å². The minimum absolute atomic E-state index is 0.123. The van der Waals surface area contributed by atoms with Crippen molar-refractivity contribution < 1.29 is 29.2 Å². The van der Waals surface area contributed by atoms with Crippen LogP contribution in [0.4, 0.5) is 0 Å². The molecule has 0 aliphatic carbocycles. The molecule has 0 aromatic heterocycles. The summed E-state index contributed by atoms with van der Waals surface area (Å²) in [6.45, 7) is 8.36. The molecule has 0 radical (unpaired) electrons. The van der Waals surface area contributed by atoms with Crippen LogP contribution < -0.4 is 0 Å². The number of carboxylic acid groups (broad SMARTS) is 1. The highest BCUT2D eigenvalue weighted by Crippen LogP contribution is 2.12. The normalized spacial score (nSPS) is 24.9. The molecule has 2 fully saturated rings. The van der Waals surface area contributed by atoms with Gasteiger partial charge in [-0.05, 0) is 6.42 Å². The van der Waals surface area contributed by atoms with Crippen molar-refractivity contribution in [1.82, 2.24) is 0 Å². The van der Waals surface area contributed by atoms with E-state index in [9.17, 15) is 4.79 Å². The summed E-state index contributed by atoms with van der Waals surface area (Å²) in [7, 11) is 0. The Bertz CT molecular complexity index is 284. The average molecular weight is 274 g/mol. The summed E-state index contributed by atoms with van der Waals surface area (Å²) < 4.78 is 15.1. The zero-order valence-corrected chi connectivity index (χ0v) is 11.2. The third kappa shape index (κ3) is 7.94. The Balaban J connectivity index is 0.000000190. The molecule has 3 unspecified atom stereocenters. The van der Waals surface area contributed by atoms with Crippen molar-refractivity contribution in [3.8, 4) is 0 Å². The van der Waals surface area contributed by atoms with Crippen LogP contribution in [-0.4, -0.2) is 60.9 Å². The number of aliphatic carboxylic acids is 1. The smallest absolute Gasteiger partial charge is 0.333 e. The van der Waals surface area contributed by atoms with Gasteiger partial charge in [-0.15, -0.1) is 0 Å². The van der Waals surface area contributed by atoms with Crippen LogP contribution in [0.1, 0.15) is 19.8 Å². The molecule has 2 saturated heterocycles. The highest BCUT2D eigenvalue weighted by molar-refractivity contribution is 5.86. The first kappa shape index (κ1) is 16.1. The highest BCUT2D eigenvalue weighted by Gasteiger charge is 2.26. The number of rotatable bonds is 8. The zero-order chi connectivity index (χ0) is 14.3. The first-order valence-corrected chi connectivity index (χ1v) is 6.45. The van der Waals surface area contributed by atoms with Crippen molar-refractivity contribution in [2.45, 2.75) is 38.1 Å². The molecular weight excluding hydrogens is 252 g/mol. The van der Waals surface area contributed by atoms with E-state index in [1.165, 1.54) is 0 Å². The van der Waals surface area contributed by atoms with Crippen molar-refractivity contribution in [3.05, 3.63) is 12.2 Å². The van der Waals surface area contributed by atoms with Crippen molar-refractivity contribution >= 4 is 5.97 Å². The third-order valence-electron chi connectivity index (χ3n) is 2.65. The molecule has 0 aromatic rings. The number of hydrogen-bond acceptors (Lipinski definition) is 5. The topological polar surface area (TPSA) is 91.8 Å². The van der Waals surface area contributed by atoms with Gasteiger partial charge in [0.2, 0.25) is 0 Å². The first-order valence-electron chi connectivity index (χ1n) is 6.45. The lowest BCUT2D eigenvalue weighted by Crippen LogP contribution is -2.15. The lowest BCUT2D eigenvalue weighted by Gasteiger charge is -2.06. The van der Waals surface area contributed by atoms with Crippen LogP contribution in [0.3, 0.4) is 0 Å². The average Bonchev–Trinajstić information content (AvgIpc) is 3.23. The van der Waals surface area contributed by atoms with Gasteiger partial charge < -0.3 is 24.4 Å². The second-order valence-corrected chi connectivity index (χ2v) is 4.58. The van der Waals surface area contributed by atoms with Gasteiger partial charge in [-0.25, -0.2) is 4.79 Å². The molecule has 19 heavy (non-hydrogen) atoms. The second-order valence-electron chi connectivity index (χ2n) is 4.58. The maximum atomic E-state index is 10.2. The van der Waals surface area contributed by atoms with E-state index in [0.717, 1.165) is 32.8 Å². The minimum Gasteiger partial charge on any atom is -0.478 e. The van der Waals surface area contributed by atoms with Crippen molar-refractivity contribution in [3.63, 3.8) is 0 Å². The maximum Gasteiger partial charge on any atom is 0.333 e. The number of aliphatic hydroxyl groups is 1. The molecule has 2 aliphatic heterocycles. The lowest BCUT2D eigenvalue weighted by atomic mass is 10.1. The van der Waals surface area contributed by atoms with E-state index in [4.69, 9.17) is 24.4 Å². The summed E-state index contributed by atoms with van der Waals surface area (Å²) in [6.07, 6.45) is 1.12. The van der Waals surface area contributed by atoms with Crippen LogP contribution in [-0.2, 0) is 19.0 Å². The van der Waals surface area contributed by atoms with E-state index in [0.29, 0.717) is 18.6 Å². The number of epoxide rings is 2. The van der Waals surface area contributed by atoms with Gasteiger partial charge in [0, 0.05) is 0 Å². The Morgan fingerprint density at radius 1 is 1.37 bits per heavy atom. The predicted octanol–water partition coefficient (Wildman–Crippen LogP) is 0.589. The molecule has 2 aliphatic rings. The van der Waals surface area contributed by atoms with Crippen molar-refractivity contribution in [1.29, 1.82) is 0 Å². The van der Waals surface area contributed by atoms with Crippen LogP contribution in [0.5, 0.6) is 0 Å². The van der Waals surface area contributed by atoms with Gasteiger partial charge >= 0.3 is 5.97 Å². The molecule has 0 saturated carbocycles. The maximum absolute atomic E-state index is 10.2. The minimum atomic E-state index is -1.12. The molecule has 0 aromatic carbocycles. The Morgan fingerprint density at radius 3 is 2.16 bits per heavy atom. The Kier molecular flexibility index (Phi) is 7.01. The van der Waals surface area contributed by atoms with Crippen LogP contribution in [0.2, 0.25) is 0 Å². The summed E-state index contributed by atoms with van der Waals surface area (Å²) in [5, 5.41) is 17.3. The fourth-order valence-corrected chi connectivity index (χ4v) is 1.25. The van der Waals surface area contributed by atoms with Gasteiger partial charge in [-0.2, -0.15) is 0 Å². The fourth-order valence-electron chi connectivity index (χ4n) is 1.25. The zero-order valence-electron chi connectivity index (χ0n) is 11.2. The van der Waals surface area contributed by atoms with E-state index >= 15 is 0 Å². The molecule has 0 spiro atoms. The second kappa shape index (κ2) is 8.27. The van der Waals surface area contributed by atoms with Crippen LogP contribution in [0, 0.1) is 0 Å². The molecule has 0 amide bonds. The summed E-state index contributed by atoms with van der Waals surface area (Å²) >= 11 is 0. The molecular formula is C13H22O6. The fraction of sp³-hybridized carbons (Fsp3) is 0.769. The number of ether oxygens (including phenoxy) is 3. The van der Waals surface area contributed by atoms with E-state index in [1.54, 1.807) is 0 Å². The van der Waals surface area contributed by atoms with E-state index < -0.39 is 12.1 Å². The molecule has 2 heterocycles. The van der Waals surface area contributed by atoms with E-state index in [2.05, 4.69) is 6.58 Å². The third-order valence-corrected chi connectivity index (χ3v) is 2.65. The molecule has 110 valence electrons. The molecule has 6 heteroatoms. The molecule has 6 nitrogen and oxygen atoms in total. The van der Waals surface area contributed by atoms with Crippen LogP contribution in [0.15, 0.2) is 12.2 Å². The standard InChI is InChI=1S/C7H12O3.C6H10O3/c1-3-4-6(8)5(2)7(9)10;1(5-3-8-5)7-2-6-4-9-6/h6,8H,2-4H2,1H3,(H,9,10);5-6H,1-4H2. The number of aliphatic hydroxyl groups excluding tert-OH is 1. The largest absolute Gasteiger partial charge is 0.478 e. The quantitative estimate of drug-likeness (QED) is 0.497. The van der Waals surface area contributed by atoms with Crippen molar-refractivity contribution in [2.24, 2.45) is 0 Å². The summed E-state index contributed by atoms with van der Waals surface area (Å²) in [5.41, 5.74) is -0.123. The van der Waals surface area contributed by atoms with Gasteiger partial charge in [0.25, 0.3) is 0 Å². The number of carboxylic acids is 1.